The summed E-state index contributed by atoms with van der Waals surface area (Å²) in [5.41, 5.74) is 1.11. The molecule has 1 aliphatic heterocycles. The first-order chi connectivity index (χ1) is 7.43. The van der Waals surface area contributed by atoms with E-state index in [9.17, 15) is 0 Å². The fourth-order valence-corrected chi connectivity index (χ4v) is 1.67. The van der Waals surface area contributed by atoms with Crippen molar-refractivity contribution in [1.29, 1.82) is 0 Å². The summed E-state index contributed by atoms with van der Waals surface area (Å²) in [6, 6.07) is 7.97. The Bertz CT molecular complexity index is 488. The number of rotatable bonds is 1. The molecule has 15 heavy (non-hydrogen) atoms. The van der Waals surface area contributed by atoms with Crippen LogP contribution < -0.4 is 4.74 Å². The van der Waals surface area contributed by atoms with Gasteiger partial charge in [-0.05, 0) is 12.1 Å². The Morgan fingerprint density at radius 2 is 2.20 bits per heavy atom. The lowest BCUT2D eigenvalue weighted by atomic mass is 10.1. The van der Waals surface area contributed by atoms with Gasteiger partial charge < -0.3 is 9.72 Å². The van der Waals surface area contributed by atoms with Crippen LogP contribution in [0.3, 0.4) is 0 Å². The molecule has 1 unspecified atom stereocenters. The van der Waals surface area contributed by atoms with Crippen LogP contribution in [0.4, 0.5) is 0 Å². The molecule has 74 valence electrons. The number of H-pyrrole nitrogens is 1. The third-order valence-electron chi connectivity index (χ3n) is 2.41. The molecule has 0 aliphatic carbocycles. The van der Waals surface area contributed by atoms with Gasteiger partial charge in [0.25, 0.3) is 0 Å². The zero-order chi connectivity index (χ0) is 10.1. The van der Waals surface area contributed by atoms with Crippen LogP contribution in [0.1, 0.15) is 17.5 Å². The van der Waals surface area contributed by atoms with E-state index in [0.29, 0.717) is 0 Å². The van der Waals surface area contributed by atoms with Crippen LogP contribution in [-0.4, -0.2) is 9.97 Å². The van der Waals surface area contributed by atoms with E-state index in [-0.39, 0.29) is 6.10 Å². The van der Waals surface area contributed by atoms with Crippen molar-refractivity contribution < 1.29 is 4.74 Å². The highest BCUT2D eigenvalue weighted by Gasteiger charge is 2.17. The number of para-hydroxylation sites is 1. The van der Waals surface area contributed by atoms with Gasteiger partial charge in [-0.1, -0.05) is 24.3 Å². The zero-order valence-corrected chi connectivity index (χ0v) is 8.05. The predicted octanol–water partition coefficient (Wildman–Crippen LogP) is 2.56. The molecule has 1 N–H and O–H groups in total. The maximum Gasteiger partial charge on any atom is 0.174 e. The number of aromatic nitrogens is 2. The van der Waals surface area contributed by atoms with Crippen LogP contribution in [0.15, 0.2) is 42.7 Å². The van der Waals surface area contributed by atoms with Crippen LogP contribution in [-0.2, 0) is 0 Å². The molecule has 0 spiro atoms. The predicted molar refractivity (Wildman–Crippen MR) is 57.4 cm³/mol. The minimum absolute atomic E-state index is 0.102. The van der Waals surface area contributed by atoms with Gasteiger partial charge in [0.05, 0.1) is 0 Å². The lowest BCUT2D eigenvalue weighted by Crippen LogP contribution is -2.10. The second-order valence-electron chi connectivity index (χ2n) is 3.41. The maximum absolute atomic E-state index is 5.80. The van der Waals surface area contributed by atoms with Crippen LogP contribution in [0.2, 0.25) is 0 Å². The van der Waals surface area contributed by atoms with Gasteiger partial charge in [0, 0.05) is 18.0 Å². The Kier molecular flexibility index (Phi) is 1.81. The van der Waals surface area contributed by atoms with Crippen LogP contribution in [0, 0.1) is 0 Å². The number of nitrogens with zero attached hydrogens (tertiary/aromatic N) is 1. The SMILES string of the molecule is C1=CC(c2ncc[nH]2)Oc2ccccc21. The summed E-state index contributed by atoms with van der Waals surface area (Å²) < 4.78 is 5.80. The van der Waals surface area contributed by atoms with Crippen molar-refractivity contribution in [2.45, 2.75) is 6.10 Å². The number of hydrogen-bond donors (Lipinski definition) is 1. The van der Waals surface area contributed by atoms with E-state index < -0.39 is 0 Å². The number of fused-ring (bicyclic) bond motifs is 1. The number of aromatic amines is 1. The smallest absolute Gasteiger partial charge is 0.174 e. The molecule has 3 heteroatoms. The minimum Gasteiger partial charge on any atom is -0.478 e. The molecule has 3 rings (SSSR count). The average molecular weight is 198 g/mol. The lowest BCUT2D eigenvalue weighted by molar-refractivity contribution is 0.242. The maximum atomic E-state index is 5.80. The minimum atomic E-state index is -0.102. The van der Waals surface area contributed by atoms with E-state index in [1.165, 1.54) is 0 Å². The summed E-state index contributed by atoms with van der Waals surface area (Å²) >= 11 is 0. The molecule has 1 atom stereocenters. The van der Waals surface area contributed by atoms with Crippen LogP contribution in [0.5, 0.6) is 5.75 Å². The van der Waals surface area contributed by atoms with Gasteiger partial charge in [0.15, 0.2) is 11.9 Å². The van der Waals surface area contributed by atoms with Crippen molar-refractivity contribution in [2.75, 3.05) is 0 Å². The first-order valence-corrected chi connectivity index (χ1v) is 4.87. The van der Waals surface area contributed by atoms with Crippen molar-refractivity contribution in [3.8, 4) is 5.75 Å². The first-order valence-electron chi connectivity index (χ1n) is 4.87. The van der Waals surface area contributed by atoms with Crippen LogP contribution >= 0.6 is 0 Å². The van der Waals surface area contributed by atoms with Gasteiger partial charge in [0.1, 0.15) is 5.75 Å². The van der Waals surface area contributed by atoms with Crippen molar-refractivity contribution in [3.05, 3.63) is 54.1 Å². The molecule has 1 aromatic carbocycles. The van der Waals surface area contributed by atoms with Crippen LogP contribution in [0.25, 0.3) is 6.08 Å². The van der Waals surface area contributed by atoms with Crippen molar-refractivity contribution >= 4 is 6.08 Å². The van der Waals surface area contributed by atoms with E-state index in [4.69, 9.17) is 4.74 Å². The van der Waals surface area contributed by atoms with E-state index in [1.54, 1.807) is 12.4 Å². The largest absolute Gasteiger partial charge is 0.478 e. The third kappa shape index (κ3) is 1.42. The normalized spacial score (nSPS) is 18.3. The molecule has 0 saturated heterocycles. The fraction of sp³-hybridized carbons (Fsp3) is 0.0833. The number of imidazole rings is 1. The van der Waals surface area contributed by atoms with Gasteiger partial charge in [-0.25, -0.2) is 4.98 Å². The molecular formula is C12H10N2O. The number of nitrogens with one attached hydrogen (secondary N) is 1. The van der Waals surface area contributed by atoms with Gasteiger partial charge in [-0.3, -0.25) is 0 Å². The summed E-state index contributed by atoms with van der Waals surface area (Å²) in [5.74, 6) is 1.74. The first kappa shape index (κ1) is 8.29. The van der Waals surface area contributed by atoms with Crippen molar-refractivity contribution in [2.24, 2.45) is 0 Å². The molecule has 0 amide bonds. The molecule has 1 aromatic heterocycles. The summed E-state index contributed by atoms with van der Waals surface area (Å²) in [4.78, 5) is 7.23. The second-order valence-corrected chi connectivity index (χ2v) is 3.41. The molecule has 3 nitrogen and oxygen atoms in total. The highest BCUT2D eigenvalue weighted by molar-refractivity contribution is 5.59. The number of benzene rings is 1. The monoisotopic (exact) mass is 198 g/mol. The van der Waals surface area contributed by atoms with Crippen molar-refractivity contribution in [3.63, 3.8) is 0 Å². The molecule has 0 bridgehead atoms. The number of ether oxygens (including phenoxy) is 1. The zero-order valence-electron chi connectivity index (χ0n) is 8.05. The van der Waals surface area contributed by atoms with Gasteiger partial charge in [0.2, 0.25) is 0 Å². The topological polar surface area (TPSA) is 37.9 Å². The van der Waals surface area contributed by atoms with Gasteiger partial charge >= 0.3 is 0 Å². The summed E-state index contributed by atoms with van der Waals surface area (Å²) in [6.45, 7) is 0. The number of hydrogen-bond acceptors (Lipinski definition) is 2. The Labute approximate surface area is 87.4 Å². The Morgan fingerprint density at radius 3 is 3.07 bits per heavy atom. The standard InChI is InChI=1S/C12H10N2O/c1-2-4-10-9(3-1)5-6-11(15-10)12-13-7-8-14-12/h1-8,11H,(H,13,14). The molecule has 1 aliphatic rings. The average Bonchev–Trinajstić information content (AvgIpc) is 2.82. The van der Waals surface area contributed by atoms with Gasteiger partial charge in [-0.2, -0.15) is 0 Å². The van der Waals surface area contributed by atoms with E-state index in [2.05, 4.69) is 16.0 Å². The fourth-order valence-electron chi connectivity index (χ4n) is 1.67. The van der Waals surface area contributed by atoms with E-state index in [0.717, 1.165) is 17.1 Å². The van der Waals surface area contributed by atoms with Gasteiger partial charge in [-0.15, -0.1) is 0 Å². The molecule has 2 heterocycles. The highest BCUT2D eigenvalue weighted by Crippen LogP contribution is 2.30. The second kappa shape index (κ2) is 3.28. The summed E-state index contributed by atoms with van der Waals surface area (Å²) in [6.07, 6.45) is 7.49. The van der Waals surface area contributed by atoms with E-state index >= 15 is 0 Å². The molecular weight excluding hydrogens is 188 g/mol. The molecule has 0 saturated carbocycles. The quantitative estimate of drug-likeness (QED) is 0.764. The lowest BCUT2D eigenvalue weighted by Gasteiger charge is -2.19. The Morgan fingerprint density at radius 1 is 1.27 bits per heavy atom. The molecule has 0 radical (unpaired) electrons. The molecule has 0 fully saturated rings. The Hall–Kier alpha value is -2.03. The highest BCUT2D eigenvalue weighted by atomic mass is 16.5. The third-order valence-corrected chi connectivity index (χ3v) is 2.41. The summed E-state index contributed by atoms with van der Waals surface area (Å²) in [7, 11) is 0. The van der Waals surface area contributed by atoms with E-state index in [1.807, 2.05) is 30.3 Å². The summed E-state index contributed by atoms with van der Waals surface area (Å²) in [5, 5.41) is 0. The Balaban J connectivity index is 1.96. The van der Waals surface area contributed by atoms with Crippen molar-refractivity contribution in [1.82, 2.24) is 9.97 Å². The molecule has 2 aromatic rings.